The van der Waals surface area contributed by atoms with Gasteiger partial charge in [-0.05, 0) is 44.4 Å². The molecule has 1 N–H and O–H groups in total. The van der Waals surface area contributed by atoms with Gasteiger partial charge in [0.05, 0.1) is 12.5 Å². The summed E-state index contributed by atoms with van der Waals surface area (Å²) in [4.78, 5) is 31.6. The van der Waals surface area contributed by atoms with Crippen LogP contribution < -0.4 is 4.90 Å². The van der Waals surface area contributed by atoms with Crippen molar-refractivity contribution in [3.8, 4) is 0 Å². The fraction of sp³-hybridized carbons (Fsp3) is 0.522. The molecule has 2 saturated heterocycles. The molecule has 1 amide bonds. The zero-order valence-corrected chi connectivity index (χ0v) is 18.0. The van der Waals surface area contributed by atoms with E-state index >= 15 is 0 Å². The Labute approximate surface area is 182 Å². The third-order valence-corrected chi connectivity index (χ3v) is 6.65. The largest absolute Gasteiger partial charge is 0.423 e. The summed E-state index contributed by atoms with van der Waals surface area (Å²) in [5.41, 5.74) is 1.76. The number of aromatic nitrogens is 3. The molecule has 8 nitrogen and oxygen atoms in total. The summed E-state index contributed by atoms with van der Waals surface area (Å²) in [6.07, 6.45) is 7.71. The van der Waals surface area contributed by atoms with Gasteiger partial charge in [-0.15, -0.1) is 0 Å². The number of benzene rings is 1. The minimum Gasteiger partial charge on any atom is -0.423 e. The second-order valence-corrected chi connectivity index (χ2v) is 8.75. The smallest absolute Gasteiger partial charge is 0.298 e. The maximum Gasteiger partial charge on any atom is 0.298 e. The number of para-hydroxylation sites is 2. The highest BCUT2D eigenvalue weighted by Gasteiger charge is 2.33. The van der Waals surface area contributed by atoms with Crippen molar-refractivity contribution in [3.05, 3.63) is 42.5 Å². The third kappa shape index (κ3) is 4.30. The van der Waals surface area contributed by atoms with Gasteiger partial charge in [-0.2, -0.15) is 4.98 Å². The number of nitrogens with zero attached hydrogens (tertiary/aromatic N) is 5. The Morgan fingerprint density at radius 3 is 2.84 bits per heavy atom. The van der Waals surface area contributed by atoms with Gasteiger partial charge >= 0.3 is 0 Å². The second kappa shape index (κ2) is 8.70. The number of carbonyl (C=O) groups is 1. The standard InChI is InChI=1S/C23H30N6O2/c1-27(16-21-24-10-11-25-21)22(30)17-5-4-12-29(15-17)18-8-13-28(14-9-18)23-26-19-6-2-3-7-20(19)31-23/h2-3,6-7,10-11,17-18H,4-5,8-9,12-16H2,1H3,(H,24,25). The topological polar surface area (TPSA) is 81.5 Å². The van der Waals surface area contributed by atoms with Crippen molar-refractivity contribution in [2.24, 2.45) is 5.92 Å². The van der Waals surface area contributed by atoms with Crippen LogP contribution in [0, 0.1) is 5.92 Å². The summed E-state index contributed by atoms with van der Waals surface area (Å²) in [5, 5.41) is 0. The van der Waals surface area contributed by atoms with E-state index in [4.69, 9.17) is 4.42 Å². The molecule has 31 heavy (non-hydrogen) atoms. The first-order valence-electron chi connectivity index (χ1n) is 11.2. The normalized spacial score (nSPS) is 20.9. The lowest BCUT2D eigenvalue weighted by molar-refractivity contribution is -0.137. The van der Waals surface area contributed by atoms with Gasteiger partial charge in [0.25, 0.3) is 6.01 Å². The Balaban J connectivity index is 1.16. The zero-order chi connectivity index (χ0) is 21.2. The van der Waals surface area contributed by atoms with E-state index in [1.54, 1.807) is 12.4 Å². The SMILES string of the molecule is CN(Cc1ncc[nH]1)C(=O)C1CCCN(C2CCN(c3nc4ccccc4o3)CC2)C1. The van der Waals surface area contributed by atoms with Gasteiger partial charge < -0.3 is 19.2 Å². The van der Waals surface area contributed by atoms with Crippen LogP contribution in [0.15, 0.2) is 41.1 Å². The molecule has 0 spiro atoms. The summed E-state index contributed by atoms with van der Waals surface area (Å²) in [5.74, 6) is 1.13. The average molecular weight is 423 g/mol. The Kier molecular flexibility index (Phi) is 5.63. The Bertz CT molecular complexity index is 975. The van der Waals surface area contributed by atoms with E-state index in [0.29, 0.717) is 12.6 Å². The highest BCUT2D eigenvalue weighted by atomic mass is 16.4. The number of imidazole rings is 1. The summed E-state index contributed by atoms with van der Waals surface area (Å²) in [7, 11) is 1.88. The number of carbonyl (C=O) groups excluding carboxylic acids is 1. The van der Waals surface area contributed by atoms with Crippen LogP contribution in [0.5, 0.6) is 0 Å². The van der Waals surface area contributed by atoms with Crippen LogP contribution in [-0.2, 0) is 11.3 Å². The van der Waals surface area contributed by atoms with Crippen molar-refractivity contribution in [2.45, 2.75) is 38.3 Å². The quantitative estimate of drug-likeness (QED) is 0.681. The number of hydrogen-bond donors (Lipinski definition) is 1. The number of fused-ring (bicyclic) bond motifs is 1. The van der Waals surface area contributed by atoms with Crippen LogP contribution in [0.3, 0.4) is 0 Å². The van der Waals surface area contributed by atoms with Gasteiger partial charge in [-0.3, -0.25) is 9.69 Å². The number of oxazole rings is 1. The van der Waals surface area contributed by atoms with Crippen LogP contribution in [0.4, 0.5) is 6.01 Å². The first-order chi connectivity index (χ1) is 15.2. The van der Waals surface area contributed by atoms with Crippen molar-refractivity contribution in [1.82, 2.24) is 24.8 Å². The molecule has 1 aromatic carbocycles. The first-order valence-corrected chi connectivity index (χ1v) is 11.2. The summed E-state index contributed by atoms with van der Waals surface area (Å²) in [6.45, 7) is 4.34. The van der Waals surface area contributed by atoms with Crippen molar-refractivity contribution >= 4 is 23.0 Å². The van der Waals surface area contributed by atoms with Crippen molar-refractivity contribution in [1.29, 1.82) is 0 Å². The maximum atomic E-state index is 13.0. The average Bonchev–Trinajstić information content (AvgIpc) is 3.48. The lowest BCUT2D eigenvalue weighted by Gasteiger charge is -2.42. The zero-order valence-electron chi connectivity index (χ0n) is 18.0. The molecule has 164 valence electrons. The number of rotatable bonds is 5. The number of likely N-dealkylation sites (tertiary alicyclic amines) is 1. The summed E-state index contributed by atoms with van der Waals surface area (Å²) < 4.78 is 5.95. The first kappa shape index (κ1) is 20.1. The summed E-state index contributed by atoms with van der Waals surface area (Å²) >= 11 is 0. The Morgan fingerprint density at radius 2 is 2.06 bits per heavy atom. The van der Waals surface area contributed by atoms with Crippen molar-refractivity contribution < 1.29 is 9.21 Å². The molecule has 2 aliphatic rings. The van der Waals surface area contributed by atoms with E-state index in [-0.39, 0.29) is 11.8 Å². The molecule has 8 heteroatoms. The van der Waals surface area contributed by atoms with Gasteiger partial charge in [-0.25, -0.2) is 4.98 Å². The monoisotopic (exact) mass is 422 g/mol. The Morgan fingerprint density at radius 1 is 1.23 bits per heavy atom. The van der Waals surface area contributed by atoms with Crippen molar-refractivity contribution in [2.75, 3.05) is 38.1 Å². The Hall–Kier alpha value is -2.87. The molecular formula is C23H30N6O2. The molecular weight excluding hydrogens is 392 g/mol. The number of amides is 1. The van der Waals surface area contributed by atoms with Gasteiger partial charge in [0.15, 0.2) is 5.58 Å². The van der Waals surface area contributed by atoms with Gasteiger partial charge in [0, 0.05) is 45.1 Å². The van der Waals surface area contributed by atoms with Crippen LogP contribution in [-0.4, -0.2) is 69.9 Å². The van der Waals surface area contributed by atoms with E-state index < -0.39 is 0 Å². The highest BCUT2D eigenvalue weighted by Crippen LogP contribution is 2.28. The molecule has 2 aromatic heterocycles. The van der Waals surface area contributed by atoms with Crippen LogP contribution in [0.1, 0.15) is 31.5 Å². The van der Waals surface area contributed by atoms with E-state index in [1.807, 2.05) is 36.2 Å². The highest BCUT2D eigenvalue weighted by molar-refractivity contribution is 5.79. The van der Waals surface area contributed by atoms with E-state index in [2.05, 4.69) is 24.8 Å². The molecule has 0 aliphatic carbocycles. The van der Waals surface area contributed by atoms with E-state index in [9.17, 15) is 4.79 Å². The fourth-order valence-electron chi connectivity index (χ4n) is 4.96. The third-order valence-electron chi connectivity index (χ3n) is 6.65. The minimum absolute atomic E-state index is 0.0729. The molecule has 2 fully saturated rings. The molecule has 5 rings (SSSR count). The molecule has 0 radical (unpaired) electrons. The van der Waals surface area contributed by atoms with Gasteiger partial charge in [0.2, 0.25) is 5.91 Å². The number of piperidine rings is 2. The minimum atomic E-state index is 0.0729. The predicted octanol–water partition coefficient (Wildman–Crippen LogP) is 2.89. The number of H-pyrrole nitrogens is 1. The predicted molar refractivity (Wildman–Crippen MR) is 119 cm³/mol. The molecule has 1 unspecified atom stereocenters. The molecule has 0 bridgehead atoms. The van der Waals surface area contributed by atoms with E-state index in [0.717, 1.165) is 74.8 Å². The maximum absolute atomic E-state index is 13.0. The molecule has 0 saturated carbocycles. The van der Waals surface area contributed by atoms with Gasteiger partial charge in [-0.1, -0.05) is 12.1 Å². The van der Waals surface area contributed by atoms with Crippen LogP contribution >= 0.6 is 0 Å². The number of hydrogen-bond acceptors (Lipinski definition) is 6. The lowest BCUT2D eigenvalue weighted by Crippen LogP contribution is -2.51. The number of aromatic amines is 1. The van der Waals surface area contributed by atoms with Crippen molar-refractivity contribution in [3.63, 3.8) is 0 Å². The fourth-order valence-corrected chi connectivity index (χ4v) is 4.96. The molecule has 3 aromatic rings. The number of anilines is 1. The van der Waals surface area contributed by atoms with E-state index in [1.165, 1.54) is 0 Å². The second-order valence-electron chi connectivity index (χ2n) is 8.75. The lowest BCUT2D eigenvalue weighted by atomic mass is 9.93. The molecule has 1 atom stereocenters. The number of nitrogens with one attached hydrogen (secondary N) is 1. The van der Waals surface area contributed by atoms with Crippen LogP contribution in [0.25, 0.3) is 11.1 Å². The molecule has 4 heterocycles. The summed E-state index contributed by atoms with van der Waals surface area (Å²) in [6, 6.07) is 9.16. The van der Waals surface area contributed by atoms with Gasteiger partial charge in [0.1, 0.15) is 11.3 Å². The van der Waals surface area contributed by atoms with Crippen LogP contribution in [0.2, 0.25) is 0 Å². The molecule has 2 aliphatic heterocycles.